The SMILES string of the molecule is C#CCNC(=O)C(NC(=O)c1ccc(Cl)cc1Cl)C(C)C. The first-order chi connectivity index (χ1) is 9.86. The summed E-state index contributed by atoms with van der Waals surface area (Å²) in [5.41, 5.74) is 0.261. The Hall–Kier alpha value is -1.70. The Bertz CT molecular complexity index is 580. The number of hydrogen-bond acceptors (Lipinski definition) is 2. The van der Waals surface area contributed by atoms with Crippen LogP contribution in [0.15, 0.2) is 18.2 Å². The standard InChI is InChI=1S/C15H16Cl2N2O2/c1-4-7-18-15(21)13(9(2)3)19-14(20)11-6-5-10(16)8-12(11)17/h1,5-6,8-9,13H,7H2,2-3H3,(H,18,21)(H,19,20). The number of halogens is 2. The second-order valence-corrected chi connectivity index (χ2v) is 5.58. The van der Waals surface area contributed by atoms with E-state index in [4.69, 9.17) is 29.6 Å². The Morgan fingerprint density at radius 1 is 1.33 bits per heavy atom. The molecule has 0 bridgehead atoms. The van der Waals surface area contributed by atoms with Gasteiger partial charge < -0.3 is 10.6 Å². The van der Waals surface area contributed by atoms with Crippen molar-refractivity contribution in [1.82, 2.24) is 10.6 Å². The van der Waals surface area contributed by atoms with Crippen LogP contribution in [0.25, 0.3) is 0 Å². The van der Waals surface area contributed by atoms with E-state index in [0.717, 1.165) is 0 Å². The maximum atomic E-state index is 12.2. The van der Waals surface area contributed by atoms with Crippen molar-refractivity contribution in [3.8, 4) is 12.3 Å². The molecule has 0 aromatic heterocycles. The van der Waals surface area contributed by atoms with E-state index in [1.807, 2.05) is 13.8 Å². The summed E-state index contributed by atoms with van der Waals surface area (Å²) in [6, 6.07) is 3.85. The second-order valence-electron chi connectivity index (χ2n) is 4.74. The molecule has 0 heterocycles. The normalized spacial score (nSPS) is 11.6. The van der Waals surface area contributed by atoms with Crippen LogP contribution in [0.4, 0.5) is 0 Å². The number of carbonyl (C=O) groups excluding carboxylic acids is 2. The highest BCUT2D eigenvalue weighted by molar-refractivity contribution is 6.36. The molecule has 0 fully saturated rings. The van der Waals surface area contributed by atoms with E-state index in [9.17, 15) is 9.59 Å². The molecule has 4 nitrogen and oxygen atoms in total. The lowest BCUT2D eigenvalue weighted by molar-refractivity contribution is -0.123. The Morgan fingerprint density at radius 2 is 2.00 bits per heavy atom. The number of nitrogens with one attached hydrogen (secondary N) is 2. The maximum Gasteiger partial charge on any atom is 0.253 e. The van der Waals surface area contributed by atoms with Gasteiger partial charge in [0.25, 0.3) is 5.91 Å². The number of terminal acetylenes is 1. The summed E-state index contributed by atoms with van der Waals surface area (Å²) in [6.07, 6.45) is 5.10. The van der Waals surface area contributed by atoms with Crippen molar-refractivity contribution in [3.05, 3.63) is 33.8 Å². The molecule has 0 aliphatic rings. The Morgan fingerprint density at radius 3 is 2.52 bits per heavy atom. The highest BCUT2D eigenvalue weighted by Gasteiger charge is 2.25. The Kier molecular flexibility index (Phi) is 6.54. The fraction of sp³-hybridized carbons (Fsp3) is 0.333. The van der Waals surface area contributed by atoms with Crippen LogP contribution in [0.5, 0.6) is 0 Å². The van der Waals surface area contributed by atoms with Gasteiger partial charge in [-0.3, -0.25) is 9.59 Å². The summed E-state index contributed by atoms with van der Waals surface area (Å²) >= 11 is 11.8. The van der Waals surface area contributed by atoms with E-state index in [-0.39, 0.29) is 29.0 Å². The van der Waals surface area contributed by atoms with Crippen molar-refractivity contribution in [2.75, 3.05) is 6.54 Å². The van der Waals surface area contributed by atoms with E-state index < -0.39 is 11.9 Å². The van der Waals surface area contributed by atoms with Gasteiger partial charge in [-0.2, -0.15) is 0 Å². The fourth-order valence-electron chi connectivity index (χ4n) is 1.68. The molecule has 0 aliphatic carbocycles. The molecule has 21 heavy (non-hydrogen) atoms. The quantitative estimate of drug-likeness (QED) is 0.817. The Labute approximate surface area is 134 Å². The van der Waals surface area contributed by atoms with Crippen molar-refractivity contribution in [3.63, 3.8) is 0 Å². The van der Waals surface area contributed by atoms with Crippen molar-refractivity contribution >= 4 is 35.0 Å². The minimum atomic E-state index is -0.697. The first kappa shape index (κ1) is 17.4. The van der Waals surface area contributed by atoms with Crippen LogP contribution < -0.4 is 10.6 Å². The lowest BCUT2D eigenvalue weighted by atomic mass is 10.0. The van der Waals surface area contributed by atoms with Crippen LogP contribution in [0, 0.1) is 18.3 Å². The van der Waals surface area contributed by atoms with Crippen LogP contribution in [0.3, 0.4) is 0 Å². The molecular weight excluding hydrogens is 311 g/mol. The van der Waals surface area contributed by atoms with E-state index >= 15 is 0 Å². The summed E-state index contributed by atoms with van der Waals surface area (Å²) in [5, 5.41) is 5.87. The third-order valence-corrected chi connectivity index (χ3v) is 3.32. The maximum absolute atomic E-state index is 12.2. The van der Waals surface area contributed by atoms with Crippen LogP contribution in [-0.4, -0.2) is 24.4 Å². The zero-order valence-electron chi connectivity index (χ0n) is 11.7. The molecule has 0 saturated carbocycles. The largest absolute Gasteiger partial charge is 0.343 e. The molecule has 1 rings (SSSR count). The summed E-state index contributed by atoms with van der Waals surface area (Å²) in [7, 11) is 0. The Balaban J connectivity index is 2.86. The highest BCUT2D eigenvalue weighted by atomic mass is 35.5. The lowest BCUT2D eigenvalue weighted by Gasteiger charge is -2.21. The van der Waals surface area contributed by atoms with Gasteiger partial charge in [-0.05, 0) is 24.1 Å². The smallest absolute Gasteiger partial charge is 0.253 e. The van der Waals surface area contributed by atoms with Crippen molar-refractivity contribution in [1.29, 1.82) is 0 Å². The molecule has 1 aromatic rings. The molecule has 2 N–H and O–H groups in total. The topological polar surface area (TPSA) is 58.2 Å². The van der Waals surface area contributed by atoms with Gasteiger partial charge in [0.15, 0.2) is 0 Å². The summed E-state index contributed by atoms with van der Waals surface area (Å²) in [4.78, 5) is 24.2. The van der Waals surface area contributed by atoms with Gasteiger partial charge in [0.05, 0.1) is 17.1 Å². The molecule has 1 atom stereocenters. The lowest BCUT2D eigenvalue weighted by Crippen LogP contribution is -2.49. The molecule has 0 radical (unpaired) electrons. The van der Waals surface area contributed by atoms with Gasteiger partial charge in [0, 0.05) is 5.02 Å². The number of carbonyl (C=O) groups is 2. The van der Waals surface area contributed by atoms with Gasteiger partial charge in [-0.1, -0.05) is 43.0 Å². The zero-order valence-corrected chi connectivity index (χ0v) is 13.3. The summed E-state index contributed by atoms with van der Waals surface area (Å²) in [6.45, 7) is 3.76. The zero-order chi connectivity index (χ0) is 16.0. The average molecular weight is 327 g/mol. The first-order valence-corrected chi connectivity index (χ1v) is 7.09. The minimum absolute atomic E-state index is 0.0993. The fourth-order valence-corrected chi connectivity index (χ4v) is 2.17. The van der Waals surface area contributed by atoms with Crippen molar-refractivity contribution < 1.29 is 9.59 Å². The monoisotopic (exact) mass is 326 g/mol. The van der Waals surface area contributed by atoms with Gasteiger partial charge in [0.2, 0.25) is 5.91 Å². The number of amides is 2. The summed E-state index contributed by atoms with van der Waals surface area (Å²) < 4.78 is 0. The van der Waals surface area contributed by atoms with Gasteiger partial charge in [0.1, 0.15) is 6.04 Å². The molecule has 0 spiro atoms. The predicted octanol–water partition coefficient (Wildman–Crippen LogP) is 2.50. The van der Waals surface area contributed by atoms with Crippen LogP contribution in [-0.2, 0) is 4.79 Å². The molecule has 2 amide bonds. The number of hydrogen-bond donors (Lipinski definition) is 2. The molecule has 6 heteroatoms. The third-order valence-electron chi connectivity index (χ3n) is 2.78. The molecule has 0 saturated heterocycles. The van der Waals surface area contributed by atoms with Crippen LogP contribution in [0.1, 0.15) is 24.2 Å². The second kappa shape index (κ2) is 7.92. The van der Waals surface area contributed by atoms with Crippen LogP contribution in [0.2, 0.25) is 10.0 Å². The van der Waals surface area contributed by atoms with Crippen LogP contribution >= 0.6 is 23.2 Å². The highest BCUT2D eigenvalue weighted by Crippen LogP contribution is 2.21. The van der Waals surface area contributed by atoms with Gasteiger partial charge >= 0.3 is 0 Å². The van der Waals surface area contributed by atoms with Crippen molar-refractivity contribution in [2.45, 2.75) is 19.9 Å². The average Bonchev–Trinajstić information content (AvgIpc) is 2.41. The van der Waals surface area contributed by atoms with Gasteiger partial charge in [-0.25, -0.2) is 0 Å². The molecule has 0 aliphatic heterocycles. The molecule has 1 unspecified atom stereocenters. The van der Waals surface area contributed by atoms with E-state index in [0.29, 0.717) is 5.02 Å². The van der Waals surface area contributed by atoms with E-state index in [1.165, 1.54) is 12.1 Å². The third kappa shape index (κ3) is 4.96. The number of rotatable bonds is 5. The van der Waals surface area contributed by atoms with E-state index in [1.54, 1.807) is 6.07 Å². The molecular formula is C15H16Cl2N2O2. The van der Waals surface area contributed by atoms with Crippen molar-refractivity contribution in [2.24, 2.45) is 5.92 Å². The first-order valence-electron chi connectivity index (χ1n) is 6.34. The minimum Gasteiger partial charge on any atom is -0.343 e. The molecule has 112 valence electrons. The van der Waals surface area contributed by atoms with E-state index in [2.05, 4.69) is 16.6 Å². The molecule has 1 aromatic carbocycles. The number of benzene rings is 1. The van der Waals surface area contributed by atoms with Gasteiger partial charge in [-0.15, -0.1) is 6.42 Å². The summed E-state index contributed by atoms with van der Waals surface area (Å²) in [5.74, 6) is 1.44. The predicted molar refractivity (Wildman–Crippen MR) is 84.4 cm³/mol.